The summed E-state index contributed by atoms with van der Waals surface area (Å²) in [4.78, 5) is 97.3. The number of hydrogen-bond donors (Lipinski definition) is 4. The molecule has 6 amide bonds. The van der Waals surface area contributed by atoms with Gasteiger partial charge in [0.1, 0.15) is 30.5 Å². The number of amides is 6. The van der Waals surface area contributed by atoms with Gasteiger partial charge in [-0.25, -0.2) is 0 Å². The lowest BCUT2D eigenvalue weighted by Gasteiger charge is -2.35. The Bertz CT molecular complexity index is 1670. The van der Waals surface area contributed by atoms with E-state index in [0.29, 0.717) is 18.6 Å². The van der Waals surface area contributed by atoms with Gasteiger partial charge in [-0.15, -0.1) is 0 Å². The summed E-state index contributed by atoms with van der Waals surface area (Å²) in [6.07, 6.45) is 12.6. The molecule has 15 heteroatoms. The normalized spacial score (nSPS) is 24.0. The topological polar surface area (TPSA) is 193 Å². The molecule has 2 unspecified atom stereocenters. The standard InChI is InChI=1S/C41H56N6O9/c1-4-12-31(37(50)39(52)42-24-34(49)45-35(40(53)46(2)3)27-14-7-5-8-15-27)43-38(51)32-23-30-25-47(32)41(54)36(28-16-9-6-10-17-28)44-33(48)22-26-13-11-18-29(21-26)55-19-20-56-30/h5,7-8,11,13-14,18,21,27-28,30-32,35-36H,4,6,9-10,12,15-17,19-20,22-25H2,1-3H3,(H,42,52)(H,43,51)(H,44,48)(H,45,49)/t27?,30-,31-,32+,35+,36?/m1/s1. The van der Waals surface area contributed by atoms with E-state index >= 15 is 0 Å². The number of fused-ring (bicyclic) bond motifs is 4. The fraction of sp³-hybridized carbons (Fsp3) is 0.585. The maximum Gasteiger partial charge on any atom is 0.290 e. The molecule has 1 aromatic carbocycles. The number of rotatable bonds is 12. The largest absolute Gasteiger partial charge is 0.491 e. The highest BCUT2D eigenvalue weighted by Gasteiger charge is 2.45. The van der Waals surface area contributed by atoms with Crippen LogP contribution in [0, 0.1) is 11.8 Å². The van der Waals surface area contributed by atoms with Crippen molar-refractivity contribution >= 4 is 41.2 Å². The predicted octanol–water partition coefficient (Wildman–Crippen LogP) is 1.35. The molecule has 15 nitrogen and oxygen atoms in total. The first kappa shape index (κ1) is 42.1. The smallest absolute Gasteiger partial charge is 0.290 e. The first-order valence-corrected chi connectivity index (χ1v) is 19.8. The molecule has 5 rings (SSSR count). The van der Waals surface area contributed by atoms with Crippen LogP contribution < -0.4 is 26.0 Å². The average molecular weight is 777 g/mol. The number of benzene rings is 1. The third-order valence-electron chi connectivity index (χ3n) is 10.8. The van der Waals surface area contributed by atoms with Gasteiger partial charge < -0.3 is 40.5 Å². The van der Waals surface area contributed by atoms with E-state index in [2.05, 4.69) is 21.3 Å². The van der Waals surface area contributed by atoms with Crippen molar-refractivity contribution in [2.45, 2.75) is 101 Å². The number of allylic oxidation sites excluding steroid dienone is 3. The summed E-state index contributed by atoms with van der Waals surface area (Å²) < 4.78 is 12.0. The number of ether oxygens (including phenoxy) is 2. The quantitative estimate of drug-likeness (QED) is 0.227. The van der Waals surface area contributed by atoms with Crippen molar-refractivity contribution in [3.63, 3.8) is 0 Å². The predicted molar refractivity (Wildman–Crippen MR) is 206 cm³/mol. The summed E-state index contributed by atoms with van der Waals surface area (Å²) in [5.41, 5.74) is 0.735. The van der Waals surface area contributed by atoms with Crippen molar-refractivity contribution in [1.29, 1.82) is 0 Å². The lowest BCUT2D eigenvalue weighted by molar-refractivity contribution is -0.144. The first-order chi connectivity index (χ1) is 26.9. The van der Waals surface area contributed by atoms with Gasteiger partial charge in [0.05, 0.1) is 31.7 Å². The SMILES string of the molecule is CCC[C@@H](NC(=O)[C@@H]1C[C@@H]2CN1C(=O)C(C1CCCCC1)NC(=O)Cc1cccc(c1)OCCO2)C(=O)C(=O)NCC(=O)N[C@H](C(=O)N(C)C)C1C=CC=CC1. The van der Waals surface area contributed by atoms with Crippen molar-refractivity contribution in [2.75, 3.05) is 40.4 Å². The first-order valence-electron chi connectivity index (χ1n) is 19.8. The summed E-state index contributed by atoms with van der Waals surface area (Å²) in [6.45, 7) is 1.74. The van der Waals surface area contributed by atoms with E-state index in [1.807, 2.05) is 30.4 Å². The maximum atomic E-state index is 14.5. The van der Waals surface area contributed by atoms with Gasteiger partial charge in [-0.2, -0.15) is 0 Å². The summed E-state index contributed by atoms with van der Waals surface area (Å²) in [7, 11) is 3.17. The molecule has 1 saturated heterocycles. The number of nitrogens with one attached hydrogen (secondary N) is 4. The highest BCUT2D eigenvalue weighted by Crippen LogP contribution is 2.30. The molecule has 4 bridgehead atoms. The van der Waals surface area contributed by atoms with Crippen molar-refractivity contribution in [3.8, 4) is 5.75 Å². The van der Waals surface area contributed by atoms with Crippen LogP contribution in [0.1, 0.15) is 70.3 Å². The molecule has 0 radical (unpaired) electrons. The van der Waals surface area contributed by atoms with E-state index in [1.54, 1.807) is 39.2 Å². The number of ketones is 1. The monoisotopic (exact) mass is 776 g/mol. The summed E-state index contributed by atoms with van der Waals surface area (Å²) in [6, 6.07) is 3.24. The van der Waals surface area contributed by atoms with Crippen molar-refractivity contribution < 1.29 is 43.0 Å². The van der Waals surface area contributed by atoms with Crippen molar-refractivity contribution in [3.05, 3.63) is 54.1 Å². The zero-order valence-corrected chi connectivity index (χ0v) is 32.6. The molecule has 6 atom stereocenters. The number of carbonyl (C=O) groups is 7. The highest BCUT2D eigenvalue weighted by molar-refractivity contribution is 6.38. The maximum absolute atomic E-state index is 14.5. The highest BCUT2D eigenvalue weighted by atomic mass is 16.5. The molecule has 56 heavy (non-hydrogen) atoms. The molecular weight excluding hydrogens is 720 g/mol. The third-order valence-corrected chi connectivity index (χ3v) is 10.8. The summed E-state index contributed by atoms with van der Waals surface area (Å²) in [5, 5.41) is 10.8. The van der Waals surface area contributed by atoms with Gasteiger partial charge in [-0.1, -0.05) is 69.0 Å². The Balaban J connectivity index is 1.27. The molecular formula is C41H56N6O9. The van der Waals surface area contributed by atoms with Crippen LogP contribution in [0.5, 0.6) is 5.75 Å². The van der Waals surface area contributed by atoms with Crippen LogP contribution in [0.25, 0.3) is 0 Å². The molecule has 4 aliphatic rings. The Labute approximate surface area is 328 Å². The second-order valence-corrected chi connectivity index (χ2v) is 15.2. The van der Waals surface area contributed by atoms with E-state index < -0.39 is 60.3 Å². The minimum atomic E-state index is -1.23. The van der Waals surface area contributed by atoms with Gasteiger partial charge in [0.15, 0.2) is 0 Å². The fourth-order valence-corrected chi connectivity index (χ4v) is 7.90. The minimum Gasteiger partial charge on any atom is -0.491 e. The van der Waals surface area contributed by atoms with Crippen LogP contribution in [0.3, 0.4) is 0 Å². The van der Waals surface area contributed by atoms with Gasteiger partial charge in [-0.3, -0.25) is 33.6 Å². The molecule has 2 aliphatic carbocycles. The molecule has 1 saturated carbocycles. The Morgan fingerprint density at radius 1 is 1.02 bits per heavy atom. The second-order valence-electron chi connectivity index (χ2n) is 15.2. The Morgan fingerprint density at radius 2 is 1.80 bits per heavy atom. The Kier molecular flexibility index (Phi) is 15.2. The third kappa shape index (κ3) is 11.3. The van der Waals surface area contributed by atoms with Crippen LogP contribution >= 0.6 is 0 Å². The van der Waals surface area contributed by atoms with Gasteiger partial charge >= 0.3 is 0 Å². The molecule has 0 aromatic heterocycles. The van der Waals surface area contributed by atoms with E-state index in [-0.39, 0.29) is 68.6 Å². The number of carbonyl (C=O) groups excluding carboxylic acids is 7. The van der Waals surface area contributed by atoms with Crippen molar-refractivity contribution in [1.82, 2.24) is 31.1 Å². The van der Waals surface area contributed by atoms with E-state index in [4.69, 9.17) is 9.47 Å². The Morgan fingerprint density at radius 3 is 2.52 bits per heavy atom. The van der Waals surface area contributed by atoms with Crippen LogP contribution in [0.2, 0.25) is 0 Å². The van der Waals surface area contributed by atoms with Crippen LogP contribution in [-0.2, 0) is 44.7 Å². The van der Waals surface area contributed by atoms with Crippen LogP contribution in [0.4, 0.5) is 0 Å². The summed E-state index contributed by atoms with van der Waals surface area (Å²) >= 11 is 0. The molecule has 1 aromatic rings. The Hall–Kier alpha value is -5.05. The molecule has 2 aliphatic heterocycles. The average Bonchev–Trinajstić information content (AvgIpc) is 3.63. The van der Waals surface area contributed by atoms with Gasteiger partial charge in [0.2, 0.25) is 35.3 Å². The second kappa shape index (κ2) is 20.2. The molecule has 0 spiro atoms. The fourth-order valence-electron chi connectivity index (χ4n) is 7.90. The van der Waals surface area contributed by atoms with E-state index in [9.17, 15) is 33.6 Å². The summed E-state index contributed by atoms with van der Waals surface area (Å²) in [5.74, 6) is -4.11. The van der Waals surface area contributed by atoms with E-state index in [0.717, 1.165) is 37.7 Å². The van der Waals surface area contributed by atoms with Gasteiger partial charge in [-0.05, 0) is 49.3 Å². The van der Waals surface area contributed by atoms with E-state index in [1.165, 1.54) is 9.80 Å². The zero-order chi connectivity index (χ0) is 40.2. The van der Waals surface area contributed by atoms with Gasteiger partial charge in [0, 0.05) is 33.0 Å². The number of likely N-dealkylation sites (N-methyl/N-ethyl adjacent to an activating group) is 1. The van der Waals surface area contributed by atoms with Crippen LogP contribution in [0.15, 0.2) is 48.6 Å². The lowest BCUT2D eigenvalue weighted by atomic mass is 9.83. The minimum absolute atomic E-state index is 0.0471. The molecule has 4 N–H and O–H groups in total. The van der Waals surface area contributed by atoms with Crippen LogP contribution in [-0.4, -0.2) is 122 Å². The van der Waals surface area contributed by atoms with Gasteiger partial charge in [0.25, 0.3) is 5.91 Å². The number of hydrogen-bond acceptors (Lipinski definition) is 9. The molecule has 2 heterocycles. The number of nitrogens with zero attached hydrogens (tertiary/aromatic N) is 2. The lowest BCUT2D eigenvalue weighted by Crippen LogP contribution is -2.58. The zero-order valence-electron chi connectivity index (χ0n) is 32.6. The number of Topliss-reactive ketones (excluding diaryl/α,β-unsaturated/α-hetero) is 1. The molecule has 2 fully saturated rings. The molecule has 304 valence electrons. The van der Waals surface area contributed by atoms with Crippen molar-refractivity contribution in [2.24, 2.45) is 11.8 Å².